The second-order valence-corrected chi connectivity index (χ2v) is 2.11. The first-order valence-electron chi connectivity index (χ1n) is 3.22. The molecule has 0 bridgehead atoms. The Kier molecular flexibility index (Phi) is 5.42. The number of ether oxygens (including phenoxy) is 2. The van der Waals surface area contributed by atoms with Crippen molar-refractivity contribution in [3.63, 3.8) is 0 Å². The van der Waals surface area contributed by atoms with E-state index >= 15 is 0 Å². The van der Waals surface area contributed by atoms with Gasteiger partial charge in [-0.05, 0) is 6.08 Å². The van der Waals surface area contributed by atoms with Crippen molar-refractivity contribution < 1.29 is 9.47 Å². The standard InChI is InChI=1S/C7H14N2O2/c1-10-4-6(8)3-7(9)5-11-2/h3,8H,4-5,9H2,1-2H3/b7-3-,8-6?. The predicted octanol–water partition coefficient (Wildman–Crippen LogP) is 0.142. The Morgan fingerprint density at radius 1 is 1.36 bits per heavy atom. The first-order chi connectivity index (χ1) is 5.20. The maximum Gasteiger partial charge on any atom is 0.0877 e. The highest BCUT2D eigenvalue weighted by atomic mass is 16.5. The molecule has 0 heterocycles. The normalized spacial score (nSPS) is 11.6. The molecule has 0 spiro atoms. The minimum absolute atomic E-state index is 0.282. The maximum absolute atomic E-state index is 7.26. The van der Waals surface area contributed by atoms with Crippen molar-refractivity contribution in [2.75, 3.05) is 27.4 Å². The maximum atomic E-state index is 7.26. The molecule has 11 heavy (non-hydrogen) atoms. The highest BCUT2D eigenvalue weighted by Crippen LogP contribution is 1.86. The summed E-state index contributed by atoms with van der Waals surface area (Å²) in [5.74, 6) is 0. The summed E-state index contributed by atoms with van der Waals surface area (Å²) in [6, 6.07) is 0. The van der Waals surface area contributed by atoms with Gasteiger partial charge in [-0.15, -0.1) is 0 Å². The molecule has 0 aliphatic heterocycles. The molecule has 0 saturated carbocycles. The zero-order valence-electron chi connectivity index (χ0n) is 6.89. The van der Waals surface area contributed by atoms with Crippen molar-refractivity contribution in [3.8, 4) is 0 Å². The summed E-state index contributed by atoms with van der Waals surface area (Å²) in [7, 11) is 3.09. The van der Waals surface area contributed by atoms with Crippen LogP contribution >= 0.6 is 0 Å². The lowest BCUT2D eigenvalue weighted by Gasteiger charge is -1.99. The summed E-state index contributed by atoms with van der Waals surface area (Å²) >= 11 is 0. The first kappa shape index (κ1) is 10.1. The molecule has 0 aromatic rings. The van der Waals surface area contributed by atoms with E-state index in [0.717, 1.165) is 0 Å². The van der Waals surface area contributed by atoms with Gasteiger partial charge in [0.2, 0.25) is 0 Å². The van der Waals surface area contributed by atoms with Gasteiger partial charge in [0.05, 0.1) is 18.9 Å². The van der Waals surface area contributed by atoms with Crippen LogP contribution in [0.4, 0.5) is 0 Å². The Hall–Kier alpha value is -0.870. The van der Waals surface area contributed by atoms with Gasteiger partial charge >= 0.3 is 0 Å². The number of rotatable bonds is 5. The second-order valence-electron chi connectivity index (χ2n) is 2.11. The molecule has 0 unspecified atom stereocenters. The van der Waals surface area contributed by atoms with Gasteiger partial charge in [-0.3, -0.25) is 0 Å². The van der Waals surface area contributed by atoms with E-state index in [1.165, 1.54) is 13.2 Å². The lowest BCUT2D eigenvalue weighted by Crippen LogP contribution is -2.10. The Balaban J connectivity index is 3.76. The van der Waals surface area contributed by atoms with E-state index in [1.54, 1.807) is 7.11 Å². The molecule has 0 aliphatic carbocycles. The number of hydrogen-bond donors (Lipinski definition) is 2. The van der Waals surface area contributed by atoms with Crippen LogP contribution < -0.4 is 5.73 Å². The minimum atomic E-state index is 0.282. The number of nitrogens with one attached hydrogen (secondary N) is 1. The van der Waals surface area contributed by atoms with E-state index in [4.69, 9.17) is 20.6 Å². The fourth-order valence-corrected chi connectivity index (χ4v) is 0.629. The van der Waals surface area contributed by atoms with Crippen LogP contribution in [-0.4, -0.2) is 33.1 Å². The van der Waals surface area contributed by atoms with Gasteiger partial charge in [-0.2, -0.15) is 0 Å². The summed E-state index contributed by atoms with van der Waals surface area (Å²) in [5, 5.41) is 7.26. The third-order valence-corrected chi connectivity index (χ3v) is 0.970. The van der Waals surface area contributed by atoms with E-state index in [1.807, 2.05) is 0 Å². The van der Waals surface area contributed by atoms with Crippen LogP contribution in [0.2, 0.25) is 0 Å². The molecule has 0 aromatic carbocycles. The van der Waals surface area contributed by atoms with E-state index in [0.29, 0.717) is 18.0 Å². The third-order valence-electron chi connectivity index (χ3n) is 0.970. The van der Waals surface area contributed by atoms with Gasteiger partial charge in [0.25, 0.3) is 0 Å². The Morgan fingerprint density at radius 2 is 1.91 bits per heavy atom. The number of methoxy groups -OCH3 is 2. The zero-order chi connectivity index (χ0) is 8.69. The van der Waals surface area contributed by atoms with E-state index in [9.17, 15) is 0 Å². The highest BCUT2D eigenvalue weighted by Gasteiger charge is 1.93. The van der Waals surface area contributed by atoms with Crippen molar-refractivity contribution in [3.05, 3.63) is 11.8 Å². The summed E-state index contributed by atoms with van der Waals surface area (Å²) in [5.41, 5.74) is 6.34. The first-order valence-corrected chi connectivity index (χ1v) is 3.22. The van der Waals surface area contributed by atoms with Crippen molar-refractivity contribution in [1.82, 2.24) is 0 Å². The van der Waals surface area contributed by atoms with E-state index in [-0.39, 0.29) is 6.61 Å². The van der Waals surface area contributed by atoms with Gasteiger partial charge < -0.3 is 20.6 Å². The minimum Gasteiger partial charge on any atom is -0.400 e. The number of nitrogens with two attached hydrogens (primary N) is 1. The highest BCUT2D eigenvalue weighted by molar-refractivity contribution is 5.93. The molecular formula is C7H14N2O2. The van der Waals surface area contributed by atoms with Gasteiger partial charge in [-0.25, -0.2) is 0 Å². The van der Waals surface area contributed by atoms with Crippen LogP contribution in [0.3, 0.4) is 0 Å². The third kappa shape index (κ3) is 5.57. The lowest BCUT2D eigenvalue weighted by molar-refractivity contribution is 0.224. The molecule has 64 valence electrons. The van der Waals surface area contributed by atoms with E-state index < -0.39 is 0 Å². The topological polar surface area (TPSA) is 68.3 Å². The largest absolute Gasteiger partial charge is 0.400 e. The molecule has 0 rings (SSSR count). The van der Waals surface area contributed by atoms with E-state index in [2.05, 4.69) is 0 Å². The quantitative estimate of drug-likeness (QED) is 0.559. The molecule has 4 nitrogen and oxygen atoms in total. The van der Waals surface area contributed by atoms with Crippen LogP contribution in [0.1, 0.15) is 0 Å². The molecule has 3 N–H and O–H groups in total. The summed E-state index contributed by atoms with van der Waals surface area (Å²) in [4.78, 5) is 0. The van der Waals surface area contributed by atoms with Gasteiger partial charge in [-0.1, -0.05) is 0 Å². The van der Waals surface area contributed by atoms with Crippen LogP contribution in [0.15, 0.2) is 11.8 Å². The van der Waals surface area contributed by atoms with Crippen LogP contribution in [0, 0.1) is 5.41 Å². The van der Waals surface area contributed by atoms with Crippen LogP contribution in [0.25, 0.3) is 0 Å². The smallest absolute Gasteiger partial charge is 0.0877 e. The molecule has 0 saturated heterocycles. The number of hydrogen-bond acceptors (Lipinski definition) is 4. The molecular weight excluding hydrogens is 144 g/mol. The molecule has 4 heteroatoms. The summed E-state index contributed by atoms with van der Waals surface area (Å²) in [6.45, 7) is 0.635. The Morgan fingerprint density at radius 3 is 2.36 bits per heavy atom. The molecule has 0 amide bonds. The van der Waals surface area contributed by atoms with Crippen LogP contribution in [-0.2, 0) is 9.47 Å². The zero-order valence-corrected chi connectivity index (χ0v) is 6.89. The SMILES string of the molecule is COCC(=N)/C=C(\N)COC. The van der Waals surface area contributed by atoms with Crippen LogP contribution in [0.5, 0.6) is 0 Å². The molecule has 0 radical (unpaired) electrons. The Labute approximate surface area is 66.5 Å². The van der Waals surface area contributed by atoms with Crippen molar-refractivity contribution in [2.45, 2.75) is 0 Å². The van der Waals surface area contributed by atoms with Crippen molar-refractivity contribution >= 4 is 5.71 Å². The van der Waals surface area contributed by atoms with Gasteiger partial charge in [0, 0.05) is 19.9 Å². The van der Waals surface area contributed by atoms with Crippen molar-refractivity contribution in [1.29, 1.82) is 5.41 Å². The van der Waals surface area contributed by atoms with Gasteiger partial charge in [0.15, 0.2) is 0 Å². The monoisotopic (exact) mass is 158 g/mol. The Bertz CT molecular complexity index is 155. The molecule has 0 atom stereocenters. The fraction of sp³-hybridized carbons (Fsp3) is 0.571. The molecule has 0 fully saturated rings. The average Bonchev–Trinajstić information content (AvgIpc) is 1.87. The second kappa shape index (κ2) is 5.88. The van der Waals surface area contributed by atoms with Crippen molar-refractivity contribution in [2.24, 2.45) is 5.73 Å². The average molecular weight is 158 g/mol. The summed E-state index contributed by atoms with van der Waals surface area (Å²) in [6.07, 6.45) is 1.53. The predicted molar refractivity (Wildman–Crippen MR) is 43.7 cm³/mol. The summed E-state index contributed by atoms with van der Waals surface area (Å²) < 4.78 is 9.47. The lowest BCUT2D eigenvalue weighted by atomic mass is 10.3. The van der Waals surface area contributed by atoms with Gasteiger partial charge in [0.1, 0.15) is 0 Å². The fourth-order valence-electron chi connectivity index (χ4n) is 0.629. The molecule has 0 aromatic heterocycles. The molecule has 0 aliphatic rings.